The van der Waals surface area contributed by atoms with E-state index in [1.165, 1.54) is 17.0 Å². The second kappa shape index (κ2) is 6.29. The van der Waals surface area contributed by atoms with E-state index in [4.69, 9.17) is 9.84 Å². The first kappa shape index (κ1) is 14.2. The maximum absolute atomic E-state index is 13.9. The minimum absolute atomic E-state index is 0.0288. The molecule has 6 heteroatoms. The zero-order valence-electron chi connectivity index (χ0n) is 10.7. The van der Waals surface area contributed by atoms with Crippen molar-refractivity contribution in [1.29, 1.82) is 0 Å². The van der Waals surface area contributed by atoms with Gasteiger partial charge >= 0.3 is 5.97 Å². The van der Waals surface area contributed by atoms with Crippen LogP contribution in [0, 0.1) is 5.82 Å². The summed E-state index contributed by atoms with van der Waals surface area (Å²) in [6.45, 7) is 1.11. The Hall–Kier alpha value is -2.21. The number of morpholine rings is 1. The summed E-state index contributed by atoms with van der Waals surface area (Å²) in [6, 6.07) is 4.42. The number of carbonyl (C=O) groups is 2. The van der Waals surface area contributed by atoms with E-state index in [9.17, 15) is 14.0 Å². The van der Waals surface area contributed by atoms with Crippen molar-refractivity contribution in [3.63, 3.8) is 0 Å². The molecule has 1 heterocycles. The van der Waals surface area contributed by atoms with Crippen LogP contribution in [0.2, 0.25) is 0 Å². The Morgan fingerprint density at radius 2 is 2.30 bits per heavy atom. The molecule has 106 valence electrons. The topological polar surface area (TPSA) is 66.8 Å². The third-order valence-corrected chi connectivity index (χ3v) is 2.94. The summed E-state index contributed by atoms with van der Waals surface area (Å²) in [5.74, 6) is -1.71. The molecule has 1 amide bonds. The first-order chi connectivity index (χ1) is 9.56. The van der Waals surface area contributed by atoms with Crippen molar-refractivity contribution >= 4 is 18.0 Å². The van der Waals surface area contributed by atoms with Gasteiger partial charge in [-0.15, -0.1) is 0 Å². The highest BCUT2D eigenvalue weighted by Gasteiger charge is 2.19. The molecule has 0 bridgehead atoms. The number of ether oxygens (including phenoxy) is 1. The smallest absolute Gasteiger partial charge is 0.328 e. The van der Waals surface area contributed by atoms with Crippen LogP contribution in [0.4, 0.5) is 4.39 Å². The van der Waals surface area contributed by atoms with Crippen LogP contribution in [0.1, 0.15) is 11.1 Å². The van der Waals surface area contributed by atoms with E-state index in [2.05, 4.69) is 0 Å². The van der Waals surface area contributed by atoms with Crippen molar-refractivity contribution in [2.45, 2.75) is 6.54 Å². The zero-order chi connectivity index (χ0) is 14.5. The third-order valence-electron chi connectivity index (χ3n) is 2.94. The van der Waals surface area contributed by atoms with Gasteiger partial charge in [0.2, 0.25) is 5.91 Å². The van der Waals surface area contributed by atoms with E-state index in [0.29, 0.717) is 24.3 Å². The fraction of sp³-hybridized carbons (Fsp3) is 0.286. The van der Waals surface area contributed by atoms with Gasteiger partial charge < -0.3 is 14.7 Å². The van der Waals surface area contributed by atoms with Crippen LogP contribution < -0.4 is 0 Å². The fourth-order valence-corrected chi connectivity index (χ4v) is 1.89. The molecule has 1 aromatic rings. The van der Waals surface area contributed by atoms with E-state index in [1.807, 2.05) is 0 Å². The van der Waals surface area contributed by atoms with Gasteiger partial charge in [0, 0.05) is 24.7 Å². The Morgan fingerprint density at radius 3 is 2.95 bits per heavy atom. The van der Waals surface area contributed by atoms with Crippen molar-refractivity contribution in [3.8, 4) is 0 Å². The molecule has 0 unspecified atom stereocenters. The van der Waals surface area contributed by atoms with Crippen molar-refractivity contribution in [2.75, 3.05) is 19.8 Å². The van der Waals surface area contributed by atoms with E-state index < -0.39 is 11.8 Å². The molecule has 0 aromatic heterocycles. The minimum atomic E-state index is -1.09. The number of aliphatic carboxylic acids is 1. The van der Waals surface area contributed by atoms with Gasteiger partial charge in [0.15, 0.2) is 0 Å². The van der Waals surface area contributed by atoms with Gasteiger partial charge in [0.1, 0.15) is 12.4 Å². The summed E-state index contributed by atoms with van der Waals surface area (Å²) >= 11 is 0. The number of amides is 1. The number of carbonyl (C=O) groups excluding carboxylic acids is 1. The molecule has 0 radical (unpaired) electrons. The lowest BCUT2D eigenvalue weighted by atomic mass is 10.1. The number of halogens is 1. The molecule has 0 aliphatic carbocycles. The van der Waals surface area contributed by atoms with Gasteiger partial charge in [-0.05, 0) is 17.7 Å². The molecule has 1 N–H and O–H groups in total. The molecule has 5 nitrogen and oxygen atoms in total. The molecule has 1 fully saturated rings. The van der Waals surface area contributed by atoms with E-state index in [-0.39, 0.29) is 19.1 Å². The van der Waals surface area contributed by atoms with Gasteiger partial charge in [0.25, 0.3) is 0 Å². The SMILES string of the molecule is O=C(O)C=Cc1ccc(CN2CCOCC2=O)c(F)c1. The summed E-state index contributed by atoms with van der Waals surface area (Å²) in [5, 5.41) is 8.51. The summed E-state index contributed by atoms with van der Waals surface area (Å²) < 4.78 is 18.9. The highest BCUT2D eigenvalue weighted by Crippen LogP contribution is 2.15. The van der Waals surface area contributed by atoms with Crippen LogP contribution in [0.25, 0.3) is 6.08 Å². The Morgan fingerprint density at radius 1 is 1.50 bits per heavy atom. The number of carboxylic acid groups (broad SMARTS) is 1. The standard InChI is InChI=1S/C14H14FNO4/c15-12-7-10(2-4-14(18)19)1-3-11(12)8-16-5-6-20-9-13(16)17/h1-4,7H,5-6,8-9H2,(H,18,19). The average Bonchev–Trinajstić information content (AvgIpc) is 2.41. The van der Waals surface area contributed by atoms with Crippen LogP contribution >= 0.6 is 0 Å². The number of benzene rings is 1. The van der Waals surface area contributed by atoms with Gasteiger partial charge in [-0.1, -0.05) is 12.1 Å². The van der Waals surface area contributed by atoms with Crippen molar-refractivity contribution < 1.29 is 23.8 Å². The largest absolute Gasteiger partial charge is 0.478 e. The molecule has 1 aliphatic rings. The summed E-state index contributed by atoms with van der Waals surface area (Å²) in [4.78, 5) is 23.5. The Balaban J connectivity index is 2.09. The second-order valence-corrected chi connectivity index (χ2v) is 4.39. The Bertz CT molecular complexity index is 556. The first-order valence-corrected chi connectivity index (χ1v) is 6.11. The Labute approximate surface area is 115 Å². The number of nitrogens with zero attached hydrogens (tertiary/aromatic N) is 1. The molecule has 2 rings (SSSR count). The summed E-state index contributed by atoms with van der Waals surface area (Å²) in [7, 11) is 0. The number of hydrogen-bond acceptors (Lipinski definition) is 3. The van der Waals surface area contributed by atoms with Gasteiger partial charge in [-0.2, -0.15) is 0 Å². The van der Waals surface area contributed by atoms with E-state index >= 15 is 0 Å². The first-order valence-electron chi connectivity index (χ1n) is 6.11. The predicted octanol–water partition coefficient (Wildman–Crippen LogP) is 1.28. The van der Waals surface area contributed by atoms with Crippen LogP contribution in [0.5, 0.6) is 0 Å². The van der Waals surface area contributed by atoms with Crippen molar-refractivity contribution in [2.24, 2.45) is 0 Å². The van der Waals surface area contributed by atoms with Crippen molar-refractivity contribution in [1.82, 2.24) is 4.90 Å². The Kier molecular flexibility index (Phi) is 4.47. The lowest BCUT2D eigenvalue weighted by Gasteiger charge is -2.26. The lowest BCUT2D eigenvalue weighted by Crippen LogP contribution is -2.41. The normalized spacial score (nSPS) is 15.8. The molecule has 0 saturated carbocycles. The molecule has 1 aliphatic heterocycles. The molecule has 1 aromatic carbocycles. The van der Waals surface area contributed by atoms with E-state index in [0.717, 1.165) is 6.08 Å². The van der Waals surface area contributed by atoms with E-state index in [1.54, 1.807) is 12.1 Å². The average molecular weight is 279 g/mol. The van der Waals surface area contributed by atoms with Gasteiger partial charge in [0.05, 0.1) is 6.61 Å². The maximum atomic E-state index is 13.9. The number of hydrogen-bond donors (Lipinski definition) is 1. The predicted molar refractivity (Wildman–Crippen MR) is 69.3 cm³/mol. The minimum Gasteiger partial charge on any atom is -0.478 e. The van der Waals surface area contributed by atoms with Crippen LogP contribution in [-0.4, -0.2) is 41.6 Å². The highest BCUT2D eigenvalue weighted by molar-refractivity contribution is 5.85. The molecular weight excluding hydrogens is 265 g/mol. The quantitative estimate of drug-likeness (QED) is 0.843. The number of rotatable bonds is 4. The van der Waals surface area contributed by atoms with Crippen LogP contribution in [0.15, 0.2) is 24.3 Å². The summed E-state index contributed by atoms with van der Waals surface area (Å²) in [5.41, 5.74) is 0.856. The molecular formula is C14H14FNO4. The third kappa shape index (κ3) is 3.64. The van der Waals surface area contributed by atoms with Gasteiger partial charge in [-0.3, -0.25) is 4.79 Å². The second-order valence-electron chi connectivity index (χ2n) is 4.39. The molecule has 20 heavy (non-hydrogen) atoms. The van der Waals surface area contributed by atoms with Gasteiger partial charge in [-0.25, -0.2) is 9.18 Å². The van der Waals surface area contributed by atoms with Crippen LogP contribution in [0.3, 0.4) is 0 Å². The summed E-state index contributed by atoms with van der Waals surface area (Å²) in [6.07, 6.45) is 2.26. The fourth-order valence-electron chi connectivity index (χ4n) is 1.89. The maximum Gasteiger partial charge on any atom is 0.328 e. The molecule has 0 atom stereocenters. The number of carboxylic acids is 1. The zero-order valence-corrected chi connectivity index (χ0v) is 10.7. The van der Waals surface area contributed by atoms with Crippen LogP contribution in [-0.2, 0) is 20.9 Å². The molecule has 1 saturated heterocycles. The molecule has 0 spiro atoms. The van der Waals surface area contributed by atoms with Crippen molar-refractivity contribution in [3.05, 3.63) is 41.2 Å². The lowest BCUT2D eigenvalue weighted by molar-refractivity contribution is -0.143. The highest BCUT2D eigenvalue weighted by atomic mass is 19.1. The monoisotopic (exact) mass is 279 g/mol.